The normalized spacial score (nSPS) is 19.4. The van der Waals surface area contributed by atoms with Gasteiger partial charge in [-0.05, 0) is 56.0 Å². The van der Waals surface area contributed by atoms with Gasteiger partial charge in [0, 0.05) is 35.5 Å². The maximum absolute atomic E-state index is 12.4. The van der Waals surface area contributed by atoms with E-state index < -0.39 is 0 Å². The molecule has 3 aromatic rings. The van der Waals surface area contributed by atoms with Crippen molar-refractivity contribution in [2.24, 2.45) is 0 Å². The molecule has 0 saturated heterocycles. The van der Waals surface area contributed by atoms with Gasteiger partial charge in [0.05, 0.1) is 17.4 Å². The van der Waals surface area contributed by atoms with E-state index in [1.807, 2.05) is 24.3 Å². The van der Waals surface area contributed by atoms with E-state index in [4.69, 9.17) is 0 Å². The van der Waals surface area contributed by atoms with Gasteiger partial charge in [0.2, 0.25) is 0 Å². The fraction of sp³-hybridized carbons (Fsp3) is 0.435. The molecule has 0 spiro atoms. The molecule has 1 N–H and O–H groups in total. The highest BCUT2D eigenvalue weighted by Crippen LogP contribution is 2.29. The molecule has 0 unspecified atom stereocenters. The maximum atomic E-state index is 12.4. The van der Waals surface area contributed by atoms with E-state index in [0.717, 1.165) is 48.5 Å². The summed E-state index contributed by atoms with van der Waals surface area (Å²) in [4.78, 5) is 16.5. The van der Waals surface area contributed by atoms with Crippen LogP contribution in [0.3, 0.4) is 0 Å². The minimum atomic E-state index is -0.0483. The Hall–Kier alpha value is -3.09. The topological polar surface area (TPSA) is 85.6 Å². The predicted molar refractivity (Wildman–Crippen MR) is 117 cm³/mol. The van der Waals surface area contributed by atoms with Crippen molar-refractivity contribution in [1.29, 1.82) is 0 Å². The van der Waals surface area contributed by atoms with Crippen molar-refractivity contribution in [2.45, 2.75) is 64.0 Å². The molecule has 0 radical (unpaired) electrons. The van der Waals surface area contributed by atoms with Crippen molar-refractivity contribution in [3.05, 3.63) is 64.8 Å². The Bertz CT molecular complexity index is 1030. The van der Waals surface area contributed by atoms with Crippen LogP contribution in [0.1, 0.15) is 58.2 Å². The quantitative estimate of drug-likeness (QED) is 0.708. The van der Waals surface area contributed by atoms with Crippen LogP contribution in [-0.2, 0) is 5.41 Å². The third-order valence-electron chi connectivity index (χ3n) is 5.63. The molecule has 1 aliphatic carbocycles. The highest BCUT2D eigenvalue weighted by molar-refractivity contribution is 5.57. The van der Waals surface area contributed by atoms with Crippen molar-refractivity contribution in [3.63, 3.8) is 0 Å². The Kier molecular flexibility index (Phi) is 5.61. The smallest absolute Gasteiger partial charge is 0.267 e. The molecule has 4 rings (SSSR count). The summed E-state index contributed by atoms with van der Waals surface area (Å²) < 4.78 is 1.66. The molecular weight excluding hydrogens is 376 g/mol. The van der Waals surface area contributed by atoms with E-state index in [0.29, 0.717) is 6.04 Å². The van der Waals surface area contributed by atoms with E-state index in [2.05, 4.69) is 46.4 Å². The van der Waals surface area contributed by atoms with Crippen LogP contribution in [0.2, 0.25) is 0 Å². The third kappa shape index (κ3) is 4.56. The standard InChI is InChI=1S/C23H28N6O/c1-23(2,3)20-9-10-21(27-26-20)25-17-4-6-18(7-5-17)29-22(30)11-8-19(28-29)16-12-14-24-15-13-16/h8-15,17-18H,4-7H2,1-3H3,(H,25,27). The van der Waals surface area contributed by atoms with Crippen molar-refractivity contribution < 1.29 is 0 Å². The van der Waals surface area contributed by atoms with Gasteiger partial charge in [-0.1, -0.05) is 20.8 Å². The SMILES string of the molecule is CC(C)(C)c1ccc(NC2CCC(n3nc(-c4ccncc4)ccc3=O)CC2)nn1. The molecule has 7 nitrogen and oxygen atoms in total. The molecule has 0 amide bonds. The van der Waals surface area contributed by atoms with Crippen molar-refractivity contribution in [1.82, 2.24) is 25.0 Å². The molecule has 30 heavy (non-hydrogen) atoms. The minimum Gasteiger partial charge on any atom is -0.366 e. The fourth-order valence-electron chi connectivity index (χ4n) is 3.85. The second-order valence-corrected chi connectivity index (χ2v) is 8.94. The number of anilines is 1. The lowest BCUT2D eigenvalue weighted by Crippen LogP contribution is -2.33. The van der Waals surface area contributed by atoms with Gasteiger partial charge >= 0.3 is 0 Å². The average molecular weight is 405 g/mol. The highest BCUT2D eigenvalue weighted by Gasteiger charge is 2.24. The zero-order chi connectivity index (χ0) is 21.1. The Morgan fingerprint density at radius 2 is 1.67 bits per heavy atom. The summed E-state index contributed by atoms with van der Waals surface area (Å²) in [5.74, 6) is 0.807. The Balaban J connectivity index is 1.41. The number of nitrogens with one attached hydrogen (secondary N) is 1. The molecule has 1 fully saturated rings. The van der Waals surface area contributed by atoms with Crippen molar-refractivity contribution in [3.8, 4) is 11.3 Å². The summed E-state index contributed by atoms with van der Waals surface area (Å²) in [5.41, 5.74) is 2.69. The number of nitrogens with zero attached hydrogens (tertiary/aromatic N) is 5. The van der Waals surface area contributed by atoms with Gasteiger partial charge in [0.25, 0.3) is 5.56 Å². The van der Waals surface area contributed by atoms with Crippen molar-refractivity contribution in [2.75, 3.05) is 5.32 Å². The first-order valence-electron chi connectivity index (χ1n) is 10.5. The maximum Gasteiger partial charge on any atom is 0.267 e. The summed E-state index contributed by atoms with van der Waals surface area (Å²) in [5, 5.41) is 16.8. The van der Waals surface area contributed by atoms with Crippen molar-refractivity contribution >= 4 is 5.82 Å². The lowest BCUT2D eigenvalue weighted by Gasteiger charge is -2.30. The first-order valence-corrected chi connectivity index (χ1v) is 10.5. The van der Waals surface area contributed by atoms with Gasteiger partial charge in [-0.2, -0.15) is 10.2 Å². The van der Waals surface area contributed by atoms with Crippen LogP contribution in [0.15, 0.2) is 53.6 Å². The highest BCUT2D eigenvalue weighted by atomic mass is 16.1. The Morgan fingerprint density at radius 3 is 2.30 bits per heavy atom. The second-order valence-electron chi connectivity index (χ2n) is 8.94. The first-order chi connectivity index (χ1) is 14.4. The fourth-order valence-corrected chi connectivity index (χ4v) is 3.85. The van der Waals surface area contributed by atoms with E-state index in [-0.39, 0.29) is 17.0 Å². The van der Waals surface area contributed by atoms with Gasteiger partial charge in [-0.15, -0.1) is 5.10 Å². The molecule has 7 heteroatoms. The molecule has 1 aliphatic rings. The van der Waals surface area contributed by atoms with Crippen LogP contribution in [0.4, 0.5) is 5.82 Å². The molecule has 0 bridgehead atoms. The zero-order valence-corrected chi connectivity index (χ0v) is 17.7. The van der Waals surface area contributed by atoms with Crippen LogP contribution < -0.4 is 10.9 Å². The van der Waals surface area contributed by atoms with Crippen LogP contribution in [0.5, 0.6) is 0 Å². The molecule has 1 saturated carbocycles. The van der Waals surface area contributed by atoms with E-state index in [1.165, 1.54) is 0 Å². The minimum absolute atomic E-state index is 0.00531. The van der Waals surface area contributed by atoms with Gasteiger partial charge in [-0.25, -0.2) is 4.68 Å². The van der Waals surface area contributed by atoms with E-state index in [1.54, 1.807) is 29.2 Å². The first kappa shape index (κ1) is 20.2. The van der Waals surface area contributed by atoms with E-state index >= 15 is 0 Å². The molecule has 3 aromatic heterocycles. The number of hydrogen-bond donors (Lipinski definition) is 1. The van der Waals surface area contributed by atoms with Crippen LogP contribution in [-0.4, -0.2) is 31.0 Å². The predicted octanol–water partition coefficient (Wildman–Crippen LogP) is 3.99. The number of hydrogen-bond acceptors (Lipinski definition) is 6. The molecule has 3 heterocycles. The summed E-state index contributed by atoms with van der Waals surface area (Å²) in [6.07, 6.45) is 7.19. The summed E-state index contributed by atoms with van der Waals surface area (Å²) in [7, 11) is 0. The lowest BCUT2D eigenvalue weighted by atomic mass is 9.91. The summed E-state index contributed by atoms with van der Waals surface area (Å²) in [6.45, 7) is 6.39. The van der Waals surface area contributed by atoms with Crippen LogP contribution in [0, 0.1) is 0 Å². The number of pyridine rings is 1. The van der Waals surface area contributed by atoms with Gasteiger partial charge < -0.3 is 5.32 Å². The average Bonchev–Trinajstić information content (AvgIpc) is 2.75. The second kappa shape index (κ2) is 8.34. The van der Waals surface area contributed by atoms with Gasteiger partial charge in [0.15, 0.2) is 0 Å². The molecule has 156 valence electrons. The summed E-state index contributed by atoms with van der Waals surface area (Å²) >= 11 is 0. The largest absolute Gasteiger partial charge is 0.366 e. The van der Waals surface area contributed by atoms with Gasteiger partial charge in [-0.3, -0.25) is 9.78 Å². The Labute approximate surface area is 176 Å². The monoisotopic (exact) mass is 404 g/mol. The van der Waals surface area contributed by atoms with E-state index in [9.17, 15) is 4.79 Å². The molecule has 0 aliphatic heterocycles. The number of rotatable bonds is 4. The van der Waals surface area contributed by atoms with Gasteiger partial charge in [0.1, 0.15) is 5.82 Å². The Morgan fingerprint density at radius 1 is 0.933 bits per heavy atom. The third-order valence-corrected chi connectivity index (χ3v) is 5.63. The lowest BCUT2D eigenvalue weighted by molar-refractivity contribution is 0.304. The molecule has 0 atom stereocenters. The van der Waals surface area contributed by atoms with Crippen LogP contribution >= 0.6 is 0 Å². The summed E-state index contributed by atoms with van der Waals surface area (Å²) in [6, 6.07) is 11.7. The van der Waals surface area contributed by atoms with Crippen LogP contribution in [0.25, 0.3) is 11.3 Å². The molecular formula is C23H28N6O. The number of aromatic nitrogens is 5. The zero-order valence-electron chi connectivity index (χ0n) is 17.7. The molecule has 0 aromatic carbocycles.